The monoisotopic (exact) mass is 408 g/mol. The SMILES string of the molecule is C=CCOc1ccc(/C=C/C(=O)OCC(=O)Nc2sc3c(c2C#N)CCC3)cc1. The van der Waals surface area contributed by atoms with Crippen molar-refractivity contribution in [1.82, 2.24) is 0 Å². The number of anilines is 1. The zero-order chi connectivity index (χ0) is 20.6. The molecule has 6 nitrogen and oxygen atoms in total. The molecule has 7 heteroatoms. The molecule has 1 heterocycles. The molecule has 1 aliphatic rings. The van der Waals surface area contributed by atoms with Gasteiger partial charge in [0.25, 0.3) is 5.91 Å². The summed E-state index contributed by atoms with van der Waals surface area (Å²) in [7, 11) is 0. The van der Waals surface area contributed by atoms with Gasteiger partial charge in [-0.25, -0.2) is 4.79 Å². The zero-order valence-electron chi connectivity index (χ0n) is 15.8. The van der Waals surface area contributed by atoms with Gasteiger partial charge in [-0.05, 0) is 48.6 Å². The summed E-state index contributed by atoms with van der Waals surface area (Å²) in [6, 6.07) is 9.33. The molecule has 1 N–H and O–H groups in total. The van der Waals surface area contributed by atoms with Crippen molar-refractivity contribution in [1.29, 1.82) is 5.26 Å². The largest absolute Gasteiger partial charge is 0.490 e. The molecule has 148 valence electrons. The van der Waals surface area contributed by atoms with Gasteiger partial charge in [-0.1, -0.05) is 24.8 Å². The Labute approximate surface area is 173 Å². The number of nitrogens with zero attached hydrogens (tertiary/aromatic N) is 1. The Kier molecular flexibility index (Phi) is 6.82. The molecule has 0 fully saturated rings. The van der Waals surface area contributed by atoms with E-state index < -0.39 is 18.5 Å². The number of aryl methyl sites for hydroxylation is 1. The van der Waals surface area contributed by atoms with Crippen LogP contribution in [0.4, 0.5) is 5.00 Å². The van der Waals surface area contributed by atoms with E-state index in [2.05, 4.69) is 18.0 Å². The molecular weight excluding hydrogens is 388 g/mol. The molecule has 0 saturated carbocycles. The molecule has 29 heavy (non-hydrogen) atoms. The Bertz CT molecular complexity index is 983. The topological polar surface area (TPSA) is 88.4 Å². The highest BCUT2D eigenvalue weighted by molar-refractivity contribution is 7.16. The van der Waals surface area contributed by atoms with E-state index in [1.165, 1.54) is 17.4 Å². The maximum Gasteiger partial charge on any atom is 0.331 e. The fourth-order valence-electron chi connectivity index (χ4n) is 2.95. The molecule has 2 aromatic rings. The summed E-state index contributed by atoms with van der Waals surface area (Å²) in [5.74, 6) is -0.384. The number of carbonyl (C=O) groups excluding carboxylic acids is 2. The molecule has 1 amide bonds. The number of hydrogen-bond donors (Lipinski definition) is 1. The predicted molar refractivity (Wildman–Crippen MR) is 112 cm³/mol. The number of ether oxygens (including phenoxy) is 2. The molecule has 0 unspecified atom stereocenters. The first-order valence-corrected chi connectivity index (χ1v) is 9.95. The van der Waals surface area contributed by atoms with Gasteiger partial charge in [0, 0.05) is 11.0 Å². The van der Waals surface area contributed by atoms with Crippen LogP contribution in [0.15, 0.2) is 43.0 Å². The molecule has 0 spiro atoms. The van der Waals surface area contributed by atoms with E-state index in [0.717, 1.165) is 35.3 Å². The summed E-state index contributed by atoms with van der Waals surface area (Å²) in [6.07, 6.45) is 7.35. The van der Waals surface area contributed by atoms with Crippen LogP contribution in [0.3, 0.4) is 0 Å². The Hall–Kier alpha value is -3.37. The van der Waals surface area contributed by atoms with Crippen molar-refractivity contribution in [2.75, 3.05) is 18.5 Å². The quantitative estimate of drug-likeness (QED) is 0.407. The van der Waals surface area contributed by atoms with Crippen molar-refractivity contribution >= 4 is 34.3 Å². The summed E-state index contributed by atoms with van der Waals surface area (Å²) in [6.45, 7) is 3.60. The summed E-state index contributed by atoms with van der Waals surface area (Å²) >= 11 is 1.42. The van der Waals surface area contributed by atoms with Gasteiger partial charge >= 0.3 is 5.97 Å². The molecular formula is C22H20N2O4S. The summed E-state index contributed by atoms with van der Waals surface area (Å²) in [4.78, 5) is 25.1. The van der Waals surface area contributed by atoms with E-state index in [0.29, 0.717) is 22.9 Å². The molecule has 1 aromatic heterocycles. The first-order valence-electron chi connectivity index (χ1n) is 9.13. The minimum absolute atomic E-state index is 0.412. The van der Waals surface area contributed by atoms with Crippen LogP contribution in [0.2, 0.25) is 0 Å². The van der Waals surface area contributed by atoms with E-state index in [4.69, 9.17) is 9.47 Å². The number of hydrogen-bond acceptors (Lipinski definition) is 6. The van der Waals surface area contributed by atoms with Crippen LogP contribution in [0, 0.1) is 11.3 Å². The molecule has 0 atom stereocenters. The van der Waals surface area contributed by atoms with Crippen LogP contribution in [0.25, 0.3) is 6.08 Å². The van der Waals surface area contributed by atoms with Crippen molar-refractivity contribution < 1.29 is 19.1 Å². The summed E-state index contributed by atoms with van der Waals surface area (Å²) in [5.41, 5.74) is 2.36. The van der Waals surface area contributed by atoms with E-state index in [1.807, 2.05) is 0 Å². The third-order valence-corrected chi connectivity index (χ3v) is 5.50. The van der Waals surface area contributed by atoms with Crippen LogP contribution in [0.5, 0.6) is 5.75 Å². The lowest BCUT2D eigenvalue weighted by atomic mass is 10.1. The van der Waals surface area contributed by atoms with E-state index >= 15 is 0 Å². The van der Waals surface area contributed by atoms with Crippen LogP contribution in [-0.2, 0) is 27.2 Å². The average Bonchev–Trinajstić information content (AvgIpc) is 3.30. The molecule has 1 aromatic carbocycles. The van der Waals surface area contributed by atoms with Crippen molar-refractivity contribution in [3.8, 4) is 11.8 Å². The van der Waals surface area contributed by atoms with Gasteiger partial charge in [0.05, 0.1) is 5.56 Å². The number of rotatable bonds is 8. The highest BCUT2D eigenvalue weighted by atomic mass is 32.1. The number of benzene rings is 1. The third-order valence-electron chi connectivity index (χ3n) is 4.29. The van der Waals surface area contributed by atoms with E-state index in [-0.39, 0.29) is 0 Å². The van der Waals surface area contributed by atoms with Gasteiger partial charge in [-0.3, -0.25) is 4.79 Å². The number of amides is 1. The minimum atomic E-state index is -0.624. The number of nitrogens with one attached hydrogen (secondary N) is 1. The minimum Gasteiger partial charge on any atom is -0.490 e. The summed E-state index contributed by atoms with van der Waals surface area (Å²) < 4.78 is 10.4. The fourth-order valence-corrected chi connectivity index (χ4v) is 4.21. The highest BCUT2D eigenvalue weighted by Crippen LogP contribution is 2.38. The first kappa shape index (κ1) is 20.4. The Morgan fingerprint density at radius 3 is 2.79 bits per heavy atom. The smallest absolute Gasteiger partial charge is 0.331 e. The van der Waals surface area contributed by atoms with Crippen molar-refractivity contribution in [2.45, 2.75) is 19.3 Å². The van der Waals surface area contributed by atoms with Crippen molar-refractivity contribution in [3.63, 3.8) is 0 Å². The normalized spacial score (nSPS) is 12.2. The predicted octanol–water partition coefficient (Wildman–Crippen LogP) is 3.87. The number of fused-ring (bicyclic) bond motifs is 1. The molecule has 0 saturated heterocycles. The van der Waals surface area contributed by atoms with Crippen LogP contribution in [-0.4, -0.2) is 25.1 Å². The van der Waals surface area contributed by atoms with Gasteiger partial charge in [-0.2, -0.15) is 5.26 Å². The van der Waals surface area contributed by atoms with E-state index in [9.17, 15) is 14.9 Å². The maximum absolute atomic E-state index is 12.1. The van der Waals surface area contributed by atoms with Crippen LogP contribution in [0.1, 0.15) is 28.0 Å². The van der Waals surface area contributed by atoms with E-state index in [1.54, 1.807) is 36.4 Å². The molecule has 1 aliphatic carbocycles. The number of thiophene rings is 1. The summed E-state index contributed by atoms with van der Waals surface area (Å²) in [5, 5.41) is 12.6. The van der Waals surface area contributed by atoms with Gasteiger partial charge in [0.15, 0.2) is 6.61 Å². The standard InChI is InChI=1S/C22H20N2O4S/c1-2-12-27-16-9-6-15(7-10-16)8-11-21(26)28-14-20(25)24-22-18(13-23)17-4-3-5-19(17)29-22/h2,6-11H,1,3-5,12,14H2,(H,24,25)/b11-8+. The first-order chi connectivity index (χ1) is 14.1. The van der Waals surface area contributed by atoms with Crippen molar-refractivity contribution in [3.05, 3.63) is 64.6 Å². The van der Waals surface area contributed by atoms with Gasteiger partial charge in [0.1, 0.15) is 23.4 Å². The van der Waals surface area contributed by atoms with Gasteiger partial charge in [0.2, 0.25) is 0 Å². The maximum atomic E-state index is 12.1. The Morgan fingerprint density at radius 1 is 1.28 bits per heavy atom. The second-order valence-corrected chi connectivity index (χ2v) is 7.44. The number of nitriles is 1. The van der Waals surface area contributed by atoms with Crippen LogP contribution >= 0.6 is 11.3 Å². The molecule has 0 bridgehead atoms. The Balaban J connectivity index is 1.48. The van der Waals surface area contributed by atoms with Gasteiger partial charge < -0.3 is 14.8 Å². The lowest BCUT2D eigenvalue weighted by Gasteiger charge is -2.04. The second kappa shape index (κ2) is 9.71. The molecule has 0 aliphatic heterocycles. The zero-order valence-corrected chi connectivity index (χ0v) is 16.6. The highest BCUT2D eigenvalue weighted by Gasteiger charge is 2.23. The second-order valence-electron chi connectivity index (χ2n) is 6.33. The van der Waals surface area contributed by atoms with Gasteiger partial charge in [-0.15, -0.1) is 11.3 Å². The fraction of sp³-hybridized carbons (Fsp3) is 0.227. The molecule has 3 rings (SSSR count). The average molecular weight is 408 g/mol. The molecule has 0 radical (unpaired) electrons. The van der Waals surface area contributed by atoms with Crippen LogP contribution < -0.4 is 10.1 Å². The van der Waals surface area contributed by atoms with Crippen molar-refractivity contribution in [2.24, 2.45) is 0 Å². The Morgan fingerprint density at radius 2 is 2.07 bits per heavy atom. The lowest BCUT2D eigenvalue weighted by Crippen LogP contribution is -2.20. The number of esters is 1. The third kappa shape index (κ3) is 5.33. The lowest BCUT2D eigenvalue weighted by molar-refractivity contribution is -0.142. The number of carbonyl (C=O) groups is 2.